The van der Waals surface area contributed by atoms with Gasteiger partial charge < -0.3 is 19.7 Å². The summed E-state index contributed by atoms with van der Waals surface area (Å²) in [5.41, 5.74) is 8.58. The van der Waals surface area contributed by atoms with Crippen LogP contribution in [0.1, 0.15) is 60.5 Å². The van der Waals surface area contributed by atoms with Gasteiger partial charge in [-0.1, -0.05) is 12.1 Å². The van der Waals surface area contributed by atoms with Crippen molar-refractivity contribution in [2.75, 3.05) is 26.2 Å². The zero-order chi connectivity index (χ0) is 22.2. The average molecular weight is 435 g/mol. The molecule has 2 aromatic carbocycles. The topological polar surface area (TPSA) is 67.9 Å². The van der Waals surface area contributed by atoms with Crippen molar-refractivity contribution in [1.29, 1.82) is 0 Å². The Morgan fingerprint density at radius 2 is 1.50 bits per heavy atom. The van der Waals surface area contributed by atoms with Gasteiger partial charge in [-0.15, -0.1) is 0 Å². The Kier molecular flexibility index (Phi) is 5.74. The van der Waals surface area contributed by atoms with Gasteiger partial charge in [0.05, 0.1) is 11.1 Å². The number of cyclic esters (lactones) is 2. The molecular weight excluding hydrogens is 404 g/mol. The van der Waals surface area contributed by atoms with E-state index in [2.05, 4.69) is 36.2 Å². The minimum absolute atomic E-state index is 0.194. The number of likely N-dealkylation sites (tertiary alicyclic amines) is 1. The first kappa shape index (κ1) is 21.2. The highest BCUT2D eigenvalue weighted by Gasteiger charge is 2.26. The number of hydrogen-bond acceptors (Lipinski definition) is 6. The number of benzene rings is 2. The smallest absolute Gasteiger partial charge is 0.338 e. The van der Waals surface area contributed by atoms with Crippen LogP contribution in [0, 0.1) is 13.8 Å². The largest absolute Gasteiger partial charge is 0.457 e. The molecule has 1 unspecified atom stereocenters. The van der Waals surface area contributed by atoms with Gasteiger partial charge in [-0.05, 0) is 80.6 Å². The highest BCUT2D eigenvalue weighted by atomic mass is 16.5. The summed E-state index contributed by atoms with van der Waals surface area (Å²) >= 11 is 0. The van der Waals surface area contributed by atoms with Crippen molar-refractivity contribution in [2.45, 2.75) is 52.4 Å². The van der Waals surface area contributed by atoms with Gasteiger partial charge in [0.15, 0.2) is 0 Å². The van der Waals surface area contributed by atoms with E-state index in [4.69, 9.17) is 9.47 Å². The molecule has 3 aliphatic heterocycles. The number of carbonyl (C=O) groups excluding carboxylic acids is 2. The fraction of sp³-hybridized carbons (Fsp3) is 0.462. The first-order chi connectivity index (χ1) is 15.5. The summed E-state index contributed by atoms with van der Waals surface area (Å²) in [5.74, 6) is -0.393. The minimum Gasteiger partial charge on any atom is -0.457 e. The molecule has 5 rings (SSSR count). The van der Waals surface area contributed by atoms with E-state index in [0.29, 0.717) is 19.3 Å². The molecule has 1 saturated heterocycles. The molecule has 168 valence electrons. The molecule has 1 N–H and O–H groups in total. The summed E-state index contributed by atoms with van der Waals surface area (Å²) in [5, 5.41) is 3.72. The zero-order valence-electron chi connectivity index (χ0n) is 18.8. The van der Waals surface area contributed by atoms with Gasteiger partial charge in [-0.25, -0.2) is 9.59 Å². The van der Waals surface area contributed by atoms with E-state index < -0.39 is 0 Å². The lowest BCUT2D eigenvalue weighted by atomic mass is 9.96. The summed E-state index contributed by atoms with van der Waals surface area (Å²) < 4.78 is 10.3. The number of rotatable bonds is 7. The minimum atomic E-state index is -0.198. The van der Waals surface area contributed by atoms with Crippen LogP contribution in [0.25, 0.3) is 0 Å². The van der Waals surface area contributed by atoms with Gasteiger partial charge in [0.2, 0.25) is 0 Å². The second-order valence-electron chi connectivity index (χ2n) is 9.14. The van der Waals surface area contributed by atoms with Crippen LogP contribution in [0.2, 0.25) is 0 Å². The van der Waals surface area contributed by atoms with Crippen LogP contribution in [0.15, 0.2) is 24.3 Å². The molecule has 0 amide bonds. The van der Waals surface area contributed by atoms with Crippen molar-refractivity contribution < 1.29 is 19.1 Å². The van der Waals surface area contributed by atoms with E-state index in [1.807, 2.05) is 12.1 Å². The highest BCUT2D eigenvalue weighted by molar-refractivity contribution is 5.94. The van der Waals surface area contributed by atoms with E-state index in [1.54, 1.807) is 0 Å². The lowest BCUT2D eigenvalue weighted by Crippen LogP contribution is -2.34. The van der Waals surface area contributed by atoms with Crippen LogP contribution < -0.4 is 5.32 Å². The summed E-state index contributed by atoms with van der Waals surface area (Å²) in [6, 6.07) is 8.50. The average Bonchev–Trinajstić information content (AvgIpc) is 3.49. The Hall–Kier alpha value is -2.70. The van der Waals surface area contributed by atoms with Crippen molar-refractivity contribution in [3.8, 4) is 0 Å². The standard InChI is InChI=1S/C26H30N2O4/c1-16-18(3-5-21-23(16)14-31-25(21)29)7-10-27-20-9-12-28(13-20)11-8-19-4-6-22-24(17(19)2)15-32-26(22)30/h3-6,20,27H,7-15H2,1-2H3. The van der Waals surface area contributed by atoms with Crippen LogP contribution in [0.5, 0.6) is 0 Å². The van der Waals surface area contributed by atoms with Crippen molar-refractivity contribution in [3.05, 3.63) is 68.8 Å². The molecule has 32 heavy (non-hydrogen) atoms. The number of ether oxygens (including phenoxy) is 2. The van der Waals surface area contributed by atoms with Crippen LogP contribution in [0.3, 0.4) is 0 Å². The van der Waals surface area contributed by atoms with E-state index in [1.165, 1.54) is 22.3 Å². The molecule has 0 spiro atoms. The second kappa shape index (κ2) is 8.68. The Balaban J connectivity index is 1.09. The fourth-order valence-corrected chi connectivity index (χ4v) is 5.23. The van der Waals surface area contributed by atoms with Gasteiger partial charge in [0.25, 0.3) is 0 Å². The zero-order valence-corrected chi connectivity index (χ0v) is 18.8. The quantitative estimate of drug-likeness (QED) is 0.676. The Labute approximate surface area is 188 Å². The molecule has 2 aromatic rings. The molecule has 0 bridgehead atoms. The fourth-order valence-electron chi connectivity index (χ4n) is 5.23. The number of carbonyl (C=O) groups is 2. The summed E-state index contributed by atoms with van der Waals surface area (Å²) in [6.07, 6.45) is 3.12. The Morgan fingerprint density at radius 3 is 2.12 bits per heavy atom. The van der Waals surface area contributed by atoms with E-state index in [0.717, 1.165) is 67.7 Å². The van der Waals surface area contributed by atoms with E-state index in [9.17, 15) is 9.59 Å². The third-order valence-corrected chi connectivity index (χ3v) is 7.35. The monoisotopic (exact) mass is 434 g/mol. The SMILES string of the molecule is Cc1c(CCNC2CCN(CCc3ccc4c(c3C)COC4=O)C2)ccc2c1COC2=O. The molecular formula is C26H30N2O4. The van der Waals surface area contributed by atoms with Crippen LogP contribution in [-0.4, -0.2) is 49.1 Å². The van der Waals surface area contributed by atoms with Gasteiger partial charge in [0, 0.05) is 30.3 Å². The van der Waals surface area contributed by atoms with Crippen molar-refractivity contribution in [1.82, 2.24) is 10.2 Å². The molecule has 0 aromatic heterocycles. The first-order valence-electron chi connectivity index (χ1n) is 11.5. The van der Waals surface area contributed by atoms with Crippen molar-refractivity contribution >= 4 is 11.9 Å². The lowest BCUT2D eigenvalue weighted by molar-refractivity contribution is 0.0526. The molecule has 1 atom stereocenters. The Morgan fingerprint density at radius 1 is 0.906 bits per heavy atom. The normalized spacial score (nSPS) is 19.8. The molecule has 6 heteroatoms. The Bertz CT molecular complexity index is 1080. The van der Waals surface area contributed by atoms with Gasteiger partial charge >= 0.3 is 11.9 Å². The molecule has 0 aliphatic carbocycles. The van der Waals surface area contributed by atoms with E-state index in [-0.39, 0.29) is 11.9 Å². The summed E-state index contributed by atoms with van der Waals surface area (Å²) in [7, 11) is 0. The summed E-state index contributed by atoms with van der Waals surface area (Å²) in [6.45, 7) is 9.17. The van der Waals surface area contributed by atoms with E-state index >= 15 is 0 Å². The molecule has 1 fully saturated rings. The highest BCUT2D eigenvalue weighted by Crippen LogP contribution is 2.27. The van der Waals surface area contributed by atoms with Crippen LogP contribution >= 0.6 is 0 Å². The van der Waals surface area contributed by atoms with Gasteiger partial charge in [-0.2, -0.15) is 0 Å². The van der Waals surface area contributed by atoms with Gasteiger partial charge in [-0.3, -0.25) is 0 Å². The molecule has 3 aliphatic rings. The maximum atomic E-state index is 11.7. The predicted octanol–water partition coefficient (Wildman–Crippen LogP) is 3.09. The third-order valence-electron chi connectivity index (χ3n) is 7.35. The molecule has 6 nitrogen and oxygen atoms in total. The number of esters is 2. The van der Waals surface area contributed by atoms with Gasteiger partial charge in [0.1, 0.15) is 13.2 Å². The molecule has 0 saturated carbocycles. The summed E-state index contributed by atoms with van der Waals surface area (Å²) in [4.78, 5) is 26.0. The number of fused-ring (bicyclic) bond motifs is 2. The molecule has 3 heterocycles. The number of nitrogens with zero attached hydrogens (tertiary/aromatic N) is 1. The lowest BCUT2D eigenvalue weighted by Gasteiger charge is -2.18. The first-order valence-corrected chi connectivity index (χ1v) is 11.5. The maximum absolute atomic E-state index is 11.7. The van der Waals surface area contributed by atoms with Crippen molar-refractivity contribution in [2.24, 2.45) is 0 Å². The number of nitrogens with one attached hydrogen (secondary N) is 1. The molecule has 0 radical (unpaired) electrons. The van der Waals surface area contributed by atoms with Crippen LogP contribution in [-0.2, 0) is 35.5 Å². The maximum Gasteiger partial charge on any atom is 0.338 e. The second-order valence-corrected chi connectivity index (χ2v) is 9.14. The predicted molar refractivity (Wildman–Crippen MR) is 121 cm³/mol. The number of hydrogen-bond donors (Lipinski definition) is 1. The van der Waals surface area contributed by atoms with Crippen molar-refractivity contribution in [3.63, 3.8) is 0 Å². The third kappa shape index (κ3) is 3.93. The van der Waals surface area contributed by atoms with Crippen LogP contribution in [0.4, 0.5) is 0 Å².